The molecule has 0 unspecified atom stereocenters. The van der Waals surface area contributed by atoms with Gasteiger partial charge in [-0.25, -0.2) is 4.98 Å². The van der Waals surface area contributed by atoms with E-state index < -0.39 is 0 Å². The van der Waals surface area contributed by atoms with Crippen LogP contribution < -0.4 is 0 Å². The monoisotopic (exact) mass is 243 g/mol. The second-order valence-electron chi connectivity index (χ2n) is 2.84. The molecule has 104 valence electrons. The Morgan fingerprint density at radius 1 is 1.12 bits per heavy atom. The highest BCUT2D eigenvalue weighted by molar-refractivity contribution is 4.97. The third-order valence-electron chi connectivity index (χ3n) is 1.72. The van der Waals surface area contributed by atoms with Gasteiger partial charge in [-0.1, -0.05) is 48.5 Å². The molecule has 1 N–H and O–H groups in total. The van der Waals surface area contributed by atoms with Gasteiger partial charge in [-0.2, -0.15) is 0 Å². The van der Waals surface area contributed by atoms with Gasteiger partial charge in [0.2, 0.25) is 0 Å². The van der Waals surface area contributed by atoms with E-state index >= 15 is 0 Å². The summed E-state index contributed by atoms with van der Waals surface area (Å²) in [6, 6.07) is 0. The molecular weight excluding hydrogens is 210 g/mol. The van der Waals surface area contributed by atoms with Crippen LogP contribution in [0.15, 0.2) is 6.20 Å². The summed E-state index contributed by atoms with van der Waals surface area (Å²) in [6.45, 7) is 18.1. The van der Waals surface area contributed by atoms with E-state index in [9.17, 15) is 0 Å². The molecule has 0 amide bonds. The van der Waals surface area contributed by atoms with Crippen molar-refractivity contribution in [3.05, 3.63) is 17.7 Å². The van der Waals surface area contributed by atoms with Gasteiger partial charge < -0.3 is 4.98 Å². The molecule has 0 aromatic carbocycles. The van der Waals surface area contributed by atoms with E-state index in [1.807, 2.05) is 54.7 Å². The Bertz CT molecular complexity index is 219. The van der Waals surface area contributed by atoms with E-state index in [1.54, 1.807) is 0 Å². The van der Waals surface area contributed by atoms with Gasteiger partial charge in [0.25, 0.3) is 0 Å². The van der Waals surface area contributed by atoms with Crippen LogP contribution in [0.4, 0.5) is 0 Å². The minimum absolute atomic E-state index is 0.907. The van der Waals surface area contributed by atoms with E-state index in [1.165, 1.54) is 0 Å². The summed E-state index contributed by atoms with van der Waals surface area (Å²) < 4.78 is 0. The topological polar surface area (TPSA) is 31.9 Å². The lowest BCUT2D eigenvalue weighted by Crippen LogP contribution is -2.17. The number of nitrogens with zero attached hydrogens (tertiary/aromatic N) is 2. The molecule has 0 bridgehead atoms. The lowest BCUT2D eigenvalue weighted by molar-refractivity contribution is 0.337. The number of aryl methyl sites for hydroxylation is 1. The summed E-state index contributed by atoms with van der Waals surface area (Å²) in [6.07, 6.45) is 1.86. The number of imidazole rings is 1. The minimum atomic E-state index is 0.907. The van der Waals surface area contributed by atoms with Crippen molar-refractivity contribution in [2.75, 3.05) is 13.6 Å². The van der Waals surface area contributed by atoms with Crippen LogP contribution in [0.25, 0.3) is 0 Å². The Morgan fingerprint density at radius 2 is 1.59 bits per heavy atom. The van der Waals surface area contributed by atoms with Gasteiger partial charge >= 0.3 is 0 Å². The van der Waals surface area contributed by atoms with Crippen LogP contribution >= 0.6 is 0 Å². The zero-order chi connectivity index (χ0) is 14.3. The summed E-state index contributed by atoms with van der Waals surface area (Å²) >= 11 is 0. The zero-order valence-corrected chi connectivity index (χ0v) is 13.4. The average Bonchev–Trinajstić information content (AvgIpc) is 2.82. The van der Waals surface area contributed by atoms with Crippen molar-refractivity contribution in [2.45, 2.75) is 61.9 Å². The fourth-order valence-corrected chi connectivity index (χ4v) is 0.915. The van der Waals surface area contributed by atoms with Crippen molar-refractivity contribution in [2.24, 2.45) is 0 Å². The quantitative estimate of drug-likeness (QED) is 0.860. The molecule has 1 aromatic heterocycles. The third-order valence-corrected chi connectivity index (χ3v) is 1.72. The molecule has 0 aliphatic carbocycles. The number of nitrogens with one attached hydrogen (secondary N) is 1. The fraction of sp³-hybridized carbons (Fsp3) is 0.786. The van der Waals surface area contributed by atoms with Crippen LogP contribution in [0.3, 0.4) is 0 Å². The third kappa shape index (κ3) is 13.1. The number of aromatic amines is 1. The van der Waals surface area contributed by atoms with Gasteiger partial charge in [0.15, 0.2) is 0 Å². The van der Waals surface area contributed by atoms with Crippen molar-refractivity contribution < 1.29 is 0 Å². The minimum Gasteiger partial charge on any atom is -0.345 e. The van der Waals surface area contributed by atoms with Gasteiger partial charge in [0.05, 0.1) is 6.54 Å². The number of H-pyrrole nitrogens is 1. The molecular formula is C14H33N3. The molecule has 0 aliphatic rings. The van der Waals surface area contributed by atoms with Gasteiger partial charge in [-0.3, -0.25) is 4.90 Å². The summed E-state index contributed by atoms with van der Waals surface area (Å²) in [5.74, 6) is 1.05. The normalized spacial score (nSPS) is 8.12. The Balaban J connectivity index is -0.000000285. The maximum absolute atomic E-state index is 4.21. The Hall–Kier alpha value is -0.830. The lowest BCUT2D eigenvalue weighted by Gasteiger charge is -2.10. The van der Waals surface area contributed by atoms with Gasteiger partial charge in [-0.05, 0) is 20.5 Å². The highest BCUT2D eigenvalue weighted by Gasteiger charge is 1.99. The molecule has 0 saturated heterocycles. The summed E-state index contributed by atoms with van der Waals surface area (Å²) in [7, 11) is 2.08. The Kier molecular flexibility index (Phi) is 22.2. The lowest BCUT2D eigenvalue weighted by atomic mass is 10.5. The maximum atomic E-state index is 4.21. The molecule has 1 aromatic rings. The van der Waals surface area contributed by atoms with Crippen LogP contribution in [0.1, 0.15) is 60.0 Å². The van der Waals surface area contributed by atoms with Crippen LogP contribution in [-0.2, 0) is 6.54 Å². The van der Waals surface area contributed by atoms with E-state index in [2.05, 4.69) is 28.8 Å². The predicted molar refractivity (Wildman–Crippen MR) is 79.4 cm³/mol. The number of hydrogen-bond donors (Lipinski definition) is 1. The van der Waals surface area contributed by atoms with Crippen molar-refractivity contribution in [1.82, 2.24) is 14.9 Å². The van der Waals surface area contributed by atoms with Crippen LogP contribution in [0, 0.1) is 6.92 Å². The highest BCUT2D eigenvalue weighted by Crippen LogP contribution is 1.97. The van der Waals surface area contributed by atoms with Crippen molar-refractivity contribution in [3.8, 4) is 0 Å². The number of aromatic nitrogens is 2. The van der Waals surface area contributed by atoms with Crippen molar-refractivity contribution in [3.63, 3.8) is 0 Å². The van der Waals surface area contributed by atoms with Gasteiger partial charge in [0.1, 0.15) is 5.82 Å². The largest absolute Gasteiger partial charge is 0.345 e. The Labute approximate surface area is 109 Å². The molecule has 0 fully saturated rings. The van der Waals surface area contributed by atoms with E-state index in [0.717, 1.165) is 24.6 Å². The molecule has 17 heavy (non-hydrogen) atoms. The highest BCUT2D eigenvalue weighted by atomic mass is 15.1. The van der Waals surface area contributed by atoms with Gasteiger partial charge in [0, 0.05) is 11.9 Å². The standard InChI is InChI=1S/C8H15N3.3C2H6/c1-4-11(3)6-8-9-5-7(2)10-8;3*1-2/h5H,4,6H2,1-3H3,(H,9,10);3*1-2H3. The fourth-order valence-electron chi connectivity index (χ4n) is 0.915. The summed E-state index contributed by atoms with van der Waals surface area (Å²) in [5.41, 5.74) is 1.13. The van der Waals surface area contributed by atoms with Crippen molar-refractivity contribution in [1.29, 1.82) is 0 Å². The molecule has 1 heterocycles. The summed E-state index contributed by atoms with van der Waals surface area (Å²) in [4.78, 5) is 9.60. The first-order valence-corrected chi connectivity index (χ1v) is 6.91. The number of rotatable bonds is 3. The first kappa shape index (κ1) is 21.5. The molecule has 0 saturated carbocycles. The summed E-state index contributed by atoms with van der Waals surface area (Å²) in [5, 5.41) is 0. The van der Waals surface area contributed by atoms with Gasteiger partial charge in [-0.15, -0.1) is 0 Å². The number of hydrogen-bond acceptors (Lipinski definition) is 2. The molecule has 0 atom stereocenters. The van der Waals surface area contributed by atoms with Crippen LogP contribution in [0.5, 0.6) is 0 Å². The first-order valence-electron chi connectivity index (χ1n) is 6.91. The first-order chi connectivity index (χ1) is 8.22. The van der Waals surface area contributed by atoms with Crippen LogP contribution in [0.2, 0.25) is 0 Å². The average molecular weight is 243 g/mol. The molecule has 3 nitrogen and oxygen atoms in total. The molecule has 0 spiro atoms. The van der Waals surface area contributed by atoms with E-state index in [4.69, 9.17) is 0 Å². The second-order valence-corrected chi connectivity index (χ2v) is 2.84. The van der Waals surface area contributed by atoms with Crippen molar-refractivity contribution >= 4 is 0 Å². The second kappa shape index (κ2) is 17.6. The SMILES string of the molecule is CC.CC.CC.CCN(C)Cc1ncc(C)[nH]1. The molecule has 3 heteroatoms. The predicted octanol–water partition coefficient (Wildman–Crippen LogP) is 4.25. The maximum Gasteiger partial charge on any atom is 0.120 e. The van der Waals surface area contributed by atoms with E-state index in [-0.39, 0.29) is 0 Å². The molecule has 0 radical (unpaired) electrons. The smallest absolute Gasteiger partial charge is 0.120 e. The molecule has 0 aliphatic heterocycles. The van der Waals surface area contributed by atoms with E-state index in [0.29, 0.717) is 0 Å². The Morgan fingerprint density at radius 3 is 1.88 bits per heavy atom. The zero-order valence-electron chi connectivity index (χ0n) is 13.4. The van der Waals surface area contributed by atoms with Crippen LogP contribution in [-0.4, -0.2) is 28.5 Å². The molecule has 1 rings (SSSR count).